The van der Waals surface area contributed by atoms with Crippen molar-refractivity contribution in [1.29, 1.82) is 0 Å². The Bertz CT molecular complexity index is 3910. The standard InChI is InChI=1S/C37H38N12O6.C12H14N6O.C10H8N4O2/c1-24-40-46-36(47-41-24)25-7-9-26(10-8-25)37(51)39-20-19-38-35(50)6-5-21-48(2)29-15-11-27(12-16-29)42-44-31-22-34(55-4)32(23-33(31)54-3)45-43-28-13-17-30(18-14-28)49(52)53;1-8-15-17-11(18-16-8)9-2-4-10(5-3-9)12(19)14-7-6-13;1-6-11-13-9(14-12-6)7-2-4-8(5-3-7)10(15)16/h7-18,22-23H,5-6,19-21H2,1-4H3,(H,38,50)(H,39,51);2-5H,6-7,13H2,1H3,(H,14,19);2-5H,1H3,(H,15,16). The van der Waals surface area contributed by atoms with Gasteiger partial charge in [0, 0.05) is 104 Å². The lowest BCUT2D eigenvalue weighted by Gasteiger charge is -2.19. The smallest absolute Gasteiger partial charge is 0.335 e. The van der Waals surface area contributed by atoms with Gasteiger partial charge in [0.15, 0.2) is 17.5 Å². The van der Waals surface area contributed by atoms with Crippen molar-refractivity contribution in [2.45, 2.75) is 33.6 Å². The molecule has 0 aliphatic heterocycles. The number of carbonyl (C=O) groups excluding carboxylic acids is 3. The number of non-ortho nitro benzene ring substituents is 1. The molecule has 31 heteroatoms. The lowest BCUT2D eigenvalue weighted by Crippen LogP contribution is -2.34. The van der Waals surface area contributed by atoms with Crippen LogP contribution in [0.4, 0.5) is 34.1 Å². The summed E-state index contributed by atoms with van der Waals surface area (Å²) in [4.78, 5) is 59.7. The number of azo groups is 2. The molecule has 9 rings (SSSR count). The summed E-state index contributed by atoms with van der Waals surface area (Å²) in [6, 6.07) is 36.3. The van der Waals surface area contributed by atoms with E-state index in [1.165, 1.54) is 50.6 Å². The SMILES string of the molecule is COc1cc(N=Nc2ccc([N+](=O)[O-])cc2)c(OC)cc1N=Nc1ccc(N(C)CCCC(=O)NCCNC(=O)c2ccc(-c3nnc(C)nn3)cc2)cc1.Cc1nnc(-c2ccc(C(=O)NCCN)cc2)nn1.Cc1nnc(-c2ccc(C(=O)O)cc2)nn1. The largest absolute Gasteiger partial charge is 0.494 e. The summed E-state index contributed by atoms with van der Waals surface area (Å²) in [6.45, 7) is 7.21. The summed E-state index contributed by atoms with van der Waals surface area (Å²) in [7, 11) is 4.92. The van der Waals surface area contributed by atoms with Gasteiger partial charge in [0.25, 0.3) is 17.5 Å². The first-order valence-electron chi connectivity index (χ1n) is 27.4. The molecular formula is C59H60N22O9. The van der Waals surface area contributed by atoms with E-state index in [0.29, 0.717) is 130 Å². The molecule has 6 aromatic carbocycles. The Kier molecular flexibility index (Phi) is 24.1. The summed E-state index contributed by atoms with van der Waals surface area (Å²) < 4.78 is 11.0. The topological polar surface area (TPSA) is 420 Å². The van der Waals surface area contributed by atoms with Crippen molar-refractivity contribution in [2.75, 3.05) is 58.9 Å². The summed E-state index contributed by atoms with van der Waals surface area (Å²) in [5.41, 5.74) is 11.4. The number of anilines is 1. The van der Waals surface area contributed by atoms with Crippen LogP contribution in [0.5, 0.6) is 11.5 Å². The van der Waals surface area contributed by atoms with Crippen LogP contribution in [0.25, 0.3) is 34.2 Å². The number of carbonyl (C=O) groups is 4. The number of nitrogens with two attached hydrogens (primary N) is 1. The first kappa shape index (κ1) is 65.5. The number of nitro benzene ring substituents is 1. The van der Waals surface area contributed by atoms with Crippen LogP contribution in [-0.4, -0.2) is 149 Å². The van der Waals surface area contributed by atoms with Gasteiger partial charge in [0.1, 0.15) is 22.9 Å². The van der Waals surface area contributed by atoms with Crippen molar-refractivity contribution in [2.24, 2.45) is 26.2 Å². The Balaban J connectivity index is 0.000000264. The molecule has 31 nitrogen and oxygen atoms in total. The molecule has 0 aliphatic rings. The maximum Gasteiger partial charge on any atom is 0.335 e. The van der Waals surface area contributed by atoms with Gasteiger partial charge in [0.05, 0.1) is 36.1 Å². The van der Waals surface area contributed by atoms with Crippen LogP contribution >= 0.6 is 0 Å². The Labute approximate surface area is 514 Å². The Morgan fingerprint density at radius 2 is 0.911 bits per heavy atom. The van der Waals surface area contributed by atoms with Crippen molar-refractivity contribution in [1.82, 2.24) is 77.1 Å². The number of hydrogen-bond donors (Lipinski definition) is 5. The molecule has 0 bridgehead atoms. The van der Waals surface area contributed by atoms with E-state index in [4.69, 9.17) is 20.3 Å². The third-order valence-corrected chi connectivity index (χ3v) is 12.4. The van der Waals surface area contributed by atoms with E-state index in [9.17, 15) is 29.3 Å². The summed E-state index contributed by atoms with van der Waals surface area (Å²) in [5, 5.41) is 91.6. The molecule has 90 heavy (non-hydrogen) atoms. The molecule has 0 atom stereocenters. The van der Waals surface area contributed by atoms with Gasteiger partial charge in [-0.05, 0) is 100.0 Å². The lowest BCUT2D eigenvalue weighted by atomic mass is 10.1. The quantitative estimate of drug-likeness (QED) is 0.0178. The van der Waals surface area contributed by atoms with Crippen LogP contribution < -0.4 is 36.1 Å². The zero-order valence-corrected chi connectivity index (χ0v) is 49.5. The average Bonchev–Trinajstić information content (AvgIpc) is 2.33. The number of aromatic nitrogens is 12. The molecule has 3 amide bonds. The third-order valence-electron chi connectivity index (χ3n) is 12.4. The number of carboxylic acids is 1. The van der Waals surface area contributed by atoms with E-state index in [2.05, 4.69) is 97.6 Å². The first-order valence-corrected chi connectivity index (χ1v) is 27.4. The first-order chi connectivity index (χ1) is 43.5. The zero-order valence-electron chi connectivity index (χ0n) is 49.5. The predicted molar refractivity (Wildman–Crippen MR) is 327 cm³/mol. The maximum atomic E-state index is 12.5. The van der Waals surface area contributed by atoms with Gasteiger partial charge in [-0.3, -0.25) is 24.5 Å². The highest BCUT2D eigenvalue weighted by Gasteiger charge is 2.14. The van der Waals surface area contributed by atoms with Gasteiger partial charge < -0.3 is 41.2 Å². The van der Waals surface area contributed by atoms with Crippen molar-refractivity contribution in [3.05, 3.63) is 178 Å². The number of aryl methyl sites for hydroxylation is 3. The summed E-state index contributed by atoms with van der Waals surface area (Å²) in [5.74, 6) is 1.95. The number of rotatable bonds is 23. The van der Waals surface area contributed by atoms with E-state index >= 15 is 0 Å². The lowest BCUT2D eigenvalue weighted by molar-refractivity contribution is -0.384. The second kappa shape index (κ2) is 33.0. The van der Waals surface area contributed by atoms with Gasteiger partial charge in [-0.2, -0.15) is 10.2 Å². The number of hydrogen-bond acceptors (Lipinski definition) is 26. The van der Waals surface area contributed by atoms with E-state index in [1.807, 2.05) is 36.2 Å². The number of carboxylic acid groups (broad SMARTS) is 1. The van der Waals surface area contributed by atoms with Crippen molar-refractivity contribution in [3.8, 4) is 45.7 Å². The molecule has 3 aromatic heterocycles. The number of amides is 3. The minimum atomic E-state index is -0.965. The minimum absolute atomic E-state index is 0.0445. The summed E-state index contributed by atoms with van der Waals surface area (Å²) in [6.07, 6.45) is 0.961. The maximum absolute atomic E-state index is 12.5. The molecule has 0 spiro atoms. The molecule has 0 radical (unpaired) electrons. The molecule has 0 unspecified atom stereocenters. The average molecular weight is 1220 g/mol. The minimum Gasteiger partial charge on any atom is -0.494 e. The highest BCUT2D eigenvalue weighted by molar-refractivity contribution is 5.95. The fourth-order valence-corrected chi connectivity index (χ4v) is 7.61. The molecule has 3 heterocycles. The van der Waals surface area contributed by atoms with E-state index in [-0.39, 0.29) is 35.5 Å². The molecule has 0 aliphatic carbocycles. The van der Waals surface area contributed by atoms with Crippen LogP contribution in [0, 0.1) is 30.9 Å². The Morgan fingerprint density at radius 1 is 0.533 bits per heavy atom. The highest BCUT2D eigenvalue weighted by Crippen LogP contribution is 2.41. The van der Waals surface area contributed by atoms with Crippen LogP contribution in [0.2, 0.25) is 0 Å². The highest BCUT2D eigenvalue weighted by atomic mass is 16.6. The third kappa shape index (κ3) is 19.8. The monoisotopic (exact) mass is 1220 g/mol. The Hall–Kier alpha value is -12.0. The van der Waals surface area contributed by atoms with Crippen LogP contribution in [0.3, 0.4) is 0 Å². The molecule has 460 valence electrons. The number of nitro groups is 1. The van der Waals surface area contributed by atoms with E-state index in [1.54, 1.807) is 93.6 Å². The fourth-order valence-electron chi connectivity index (χ4n) is 7.61. The number of methoxy groups -OCH3 is 2. The van der Waals surface area contributed by atoms with Gasteiger partial charge in [-0.15, -0.1) is 71.4 Å². The number of ether oxygens (including phenoxy) is 2. The number of aromatic carboxylic acids is 1. The van der Waals surface area contributed by atoms with Crippen molar-refractivity contribution >= 4 is 57.8 Å². The molecular weight excluding hydrogens is 1160 g/mol. The van der Waals surface area contributed by atoms with Gasteiger partial charge in [-0.1, -0.05) is 36.4 Å². The molecule has 0 fully saturated rings. The second-order valence-corrected chi connectivity index (χ2v) is 18.9. The molecule has 0 saturated heterocycles. The molecule has 0 saturated carbocycles. The number of nitrogens with one attached hydrogen (secondary N) is 3. The van der Waals surface area contributed by atoms with Crippen molar-refractivity contribution in [3.63, 3.8) is 0 Å². The summed E-state index contributed by atoms with van der Waals surface area (Å²) >= 11 is 0. The zero-order chi connectivity index (χ0) is 64.4. The molecule has 6 N–H and O–H groups in total. The van der Waals surface area contributed by atoms with Gasteiger partial charge >= 0.3 is 5.97 Å². The number of nitrogens with zero attached hydrogens (tertiary/aromatic N) is 18. The van der Waals surface area contributed by atoms with Gasteiger partial charge in [-0.25, -0.2) is 4.79 Å². The Morgan fingerprint density at radius 3 is 1.29 bits per heavy atom. The normalized spacial score (nSPS) is 10.7. The fraction of sp³-hybridized carbons (Fsp3) is 0.220. The van der Waals surface area contributed by atoms with E-state index in [0.717, 1.165) is 11.3 Å². The number of benzene rings is 6. The second-order valence-electron chi connectivity index (χ2n) is 18.9. The van der Waals surface area contributed by atoms with Gasteiger partial charge in [0.2, 0.25) is 23.4 Å². The predicted octanol–water partition coefficient (Wildman–Crippen LogP) is 7.63. The van der Waals surface area contributed by atoms with Crippen LogP contribution in [0.1, 0.15) is 61.4 Å². The van der Waals surface area contributed by atoms with Crippen LogP contribution in [-0.2, 0) is 4.79 Å². The van der Waals surface area contributed by atoms with E-state index < -0.39 is 10.9 Å². The van der Waals surface area contributed by atoms with Crippen molar-refractivity contribution < 1.29 is 38.7 Å². The molecule has 9 aromatic rings. The van der Waals surface area contributed by atoms with Crippen LogP contribution in [0.15, 0.2) is 154 Å².